The highest BCUT2D eigenvalue weighted by atomic mass is 16.6. The molecular formula is C30H30N8O5. The molecule has 0 bridgehead atoms. The van der Waals surface area contributed by atoms with Crippen molar-refractivity contribution in [1.82, 2.24) is 15.0 Å². The number of nitrogens with one attached hydrogen (secondary N) is 3. The first-order chi connectivity index (χ1) is 21.0. The van der Waals surface area contributed by atoms with Gasteiger partial charge in [0, 0.05) is 35.6 Å². The van der Waals surface area contributed by atoms with Crippen LogP contribution in [-0.2, 0) is 9.47 Å². The minimum atomic E-state index is -0.435. The topological polar surface area (TPSA) is 166 Å². The van der Waals surface area contributed by atoms with Crippen molar-refractivity contribution in [3.8, 4) is 17.4 Å². The lowest BCUT2D eigenvalue weighted by molar-refractivity contribution is -0.0831. The van der Waals surface area contributed by atoms with E-state index in [1.807, 2.05) is 17.0 Å². The minimum Gasteiger partial charge on any atom is -0.455 e. The van der Waals surface area contributed by atoms with Crippen molar-refractivity contribution in [1.29, 1.82) is 0 Å². The number of anilines is 5. The molecule has 5 N–H and O–H groups in total. The summed E-state index contributed by atoms with van der Waals surface area (Å²) in [4.78, 5) is 40.9. The van der Waals surface area contributed by atoms with Gasteiger partial charge in [-0.05, 0) is 60.7 Å². The molecule has 0 radical (unpaired) electrons. The van der Waals surface area contributed by atoms with Crippen molar-refractivity contribution in [3.63, 3.8) is 0 Å². The van der Waals surface area contributed by atoms with Gasteiger partial charge in [0.25, 0.3) is 5.91 Å². The first kappa shape index (κ1) is 27.9. The van der Waals surface area contributed by atoms with E-state index in [1.54, 1.807) is 60.7 Å². The maximum absolute atomic E-state index is 12.6. The van der Waals surface area contributed by atoms with Crippen LogP contribution in [0.25, 0.3) is 11.4 Å². The highest BCUT2D eigenvalue weighted by Gasteiger charge is 2.24. The second-order valence-electron chi connectivity index (χ2n) is 9.89. The van der Waals surface area contributed by atoms with Crippen molar-refractivity contribution in [2.24, 2.45) is 0 Å². The summed E-state index contributed by atoms with van der Waals surface area (Å²) in [6.45, 7) is 3.54. The smallest absolute Gasteiger partial charge is 0.323 e. The fourth-order valence-electron chi connectivity index (χ4n) is 4.37. The van der Waals surface area contributed by atoms with Gasteiger partial charge in [0.05, 0.1) is 37.8 Å². The van der Waals surface area contributed by atoms with Crippen molar-refractivity contribution in [2.75, 3.05) is 66.1 Å². The van der Waals surface area contributed by atoms with Crippen molar-refractivity contribution in [2.45, 2.75) is 6.10 Å². The summed E-state index contributed by atoms with van der Waals surface area (Å²) in [5.41, 5.74) is 9.17. The van der Waals surface area contributed by atoms with E-state index in [0.717, 1.165) is 5.56 Å². The first-order valence-corrected chi connectivity index (χ1v) is 13.8. The molecule has 13 heteroatoms. The molecule has 43 heavy (non-hydrogen) atoms. The van der Waals surface area contributed by atoms with Gasteiger partial charge in [-0.2, -0.15) is 15.0 Å². The van der Waals surface area contributed by atoms with E-state index >= 15 is 0 Å². The van der Waals surface area contributed by atoms with Crippen LogP contribution in [0.3, 0.4) is 0 Å². The third-order valence-corrected chi connectivity index (χ3v) is 6.79. The number of hydrogen-bond donors (Lipinski definition) is 4. The predicted octanol–water partition coefficient (Wildman–Crippen LogP) is 3.63. The van der Waals surface area contributed by atoms with Crippen LogP contribution in [0.4, 0.5) is 33.5 Å². The van der Waals surface area contributed by atoms with Crippen LogP contribution in [0.2, 0.25) is 0 Å². The number of nitrogens with zero attached hydrogens (tertiary/aromatic N) is 4. The molecule has 13 nitrogen and oxygen atoms in total. The lowest BCUT2D eigenvalue weighted by Crippen LogP contribution is -2.40. The SMILES string of the molecule is Nc1ccccc1NC(=O)c1ccc(NC(=O)Nc2ccc(-c3nc(OC4COC4)nc(N4CCOCC4)n3)cc2)cc1. The van der Waals surface area contributed by atoms with Gasteiger partial charge >= 0.3 is 12.0 Å². The molecule has 2 fully saturated rings. The maximum atomic E-state index is 12.6. The quantitative estimate of drug-likeness (QED) is 0.225. The molecule has 0 atom stereocenters. The molecule has 2 aliphatic heterocycles. The van der Waals surface area contributed by atoms with Crippen LogP contribution in [0.15, 0.2) is 72.8 Å². The minimum absolute atomic E-state index is 0.0834. The molecule has 3 amide bonds. The number of carbonyl (C=O) groups excluding carboxylic acids is 2. The zero-order valence-electron chi connectivity index (χ0n) is 23.2. The van der Waals surface area contributed by atoms with Gasteiger partial charge in [-0.15, -0.1) is 0 Å². The van der Waals surface area contributed by atoms with E-state index in [0.29, 0.717) is 79.6 Å². The number of carbonyl (C=O) groups is 2. The summed E-state index contributed by atoms with van der Waals surface area (Å²) >= 11 is 0. The zero-order chi connectivity index (χ0) is 29.6. The number of rotatable bonds is 8. The van der Waals surface area contributed by atoms with Crippen LogP contribution in [0.1, 0.15) is 10.4 Å². The Bertz CT molecular complexity index is 1590. The Morgan fingerprint density at radius 1 is 0.814 bits per heavy atom. The van der Waals surface area contributed by atoms with Crippen LogP contribution in [0, 0.1) is 0 Å². The Hall–Kier alpha value is -5.27. The van der Waals surface area contributed by atoms with E-state index < -0.39 is 6.03 Å². The standard InChI is InChI=1S/C30H30N8O5/c31-24-3-1-2-4-25(24)34-27(39)20-7-11-22(12-8-20)33-29(40)32-21-9-5-19(6-10-21)26-35-28(38-13-15-41-16-14-38)37-30(36-26)43-23-17-42-18-23/h1-12,23H,13-18,31H2,(H,34,39)(H2,32,33,40). The summed E-state index contributed by atoms with van der Waals surface area (Å²) in [5.74, 6) is 0.680. The largest absolute Gasteiger partial charge is 0.455 e. The van der Waals surface area contributed by atoms with E-state index in [9.17, 15) is 9.59 Å². The number of nitrogen functional groups attached to an aromatic ring is 1. The fraction of sp³-hybridized carbons (Fsp3) is 0.233. The Morgan fingerprint density at radius 2 is 1.49 bits per heavy atom. The first-order valence-electron chi connectivity index (χ1n) is 13.8. The van der Waals surface area contributed by atoms with E-state index in [4.69, 9.17) is 19.9 Å². The molecule has 3 aromatic carbocycles. The average Bonchev–Trinajstić information content (AvgIpc) is 3.01. The Morgan fingerprint density at radius 3 is 2.14 bits per heavy atom. The highest BCUT2D eigenvalue weighted by Crippen LogP contribution is 2.24. The van der Waals surface area contributed by atoms with E-state index in [2.05, 4.69) is 30.9 Å². The molecule has 0 unspecified atom stereocenters. The summed E-state index contributed by atoms with van der Waals surface area (Å²) in [5, 5.41) is 8.35. The summed E-state index contributed by atoms with van der Waals surface area (Å²) < 4.78 is 16.6. The van der Waals surface area contributed by atoms with Crippen LogP contribution >= 0.6 is 0 Å². The second kappa shape index (κ2) is 12.7. The van der Waals surface area contributed by atoms with Crippen LogP contribution in [0.5, 0.6) is 6.01 Å². The molecule has 6 rings (SSSR count). The molecule has 3 heterocycles. The van der Waals surface area contributed by atoms with Gasteiger partial charge in [-0.1, -0.05) is 12.1 Å². The van der Waals surface area contributed by atoms with Crippen LogP contribution < -0.4 is 31.3 Å². The number of nitrogens with two attached hydrogens (primary N) is 1. The number of benzene rings is 3. The van der Waals surface area contributed by atoms with E-state index in [1.165, 1.54) is 0 Å². The van der Waals surface area contributed by atoms with E-state index in [-0.39, 0.29) is 18.0 Å². The Labute approximate surface area is 247 Å². The lowest BCUT2D eigenvalue weighted by Gasteiger charge is -2.28. The molecule has 2 saturated heterocycles. The lowest BCUT2D eigenvalue weighted by atomic mass is 10.2. The number of para-hydroxylation sites is 2. The number of urea groups is 1. The third kappa shape index (κ3) is 6.97. The molecule has 4 aromatic rings. The predicted molar refractivity (Wildman–Crippen MR) is 161 cm³/mol. The molecule has 0 saturated carbocycles. The van der Waals surface area contributed by atoms with Gasteiger partial charge in [0.1, 0.15) is 6.10 Å². The summed E-state index contributed by atoms with van der Waals surface area (Å²) in [6.07, 6.45) is -0.0834. The Kier molecular flexibility index (Phi) is 8.24. The summed E-state index contributed by atoms with van der Waals surface area (Å²) in [7, 11) is 0. The number of amides is 3. The van der Waals surface area contributed by atoms with Gasteiger partial charge in [-0.3, -0.25) is 4.79 Å². The maximum Gasteiger partial charge on any atom is 0.323 e. The monoisotopic (exact) mass is 582 g/mol. The average molecular weight is 583 g/mol. The van der Waals surface area contributed by atoms with Gasteiger partial charge in [-0.25, -0.2) is 4.79 Å². The molecule has 0 spiro atoms. The molecule has 2 aliphatic rings. The molecule has 220 valence electrons. The highest BCUT2D eigenvalue weighted by molar-refractivity contribution is 6.06. The van der Waals surface area contributed by atoms with Gasteiger partial charge in [0.2, 0.25) is 5.95 Å². The second-order valence-corrected chi connectivity index (χ2v) is 9.89. The summed E-state index contributed by atoms with van der Waals surface area (Å²) in [6, 6.07) is 20.5. The van der Waals surface area contributed by atoms with Crippen molar-refractivity contribution >= 4 is 40.6 Å². The molecule has 1 aromatic heterocycles. The van der Waals surface area contributed by atoms with Gasteiger partial charge in [0.15, 0.2) is 5.82 Å². The zero-order valence-corrected chi connectivity index (χ0v) is 23.2. The number of morpholine rings is 1. The van der Waals surface area contributed by atoms with Gasteiger partial charge < -0.3 is 40.8 Å². The van der Waals surface area contributed by atoms with Crippen molar-refractivity contribution < 1.29 is 23.8 Å². The molecular weight excluding hydrogens is 552 g/mol. The van der Waals surface area contributed by atoms with Crippen LogP contribution in [-0.4, -0.2) is 72.5 Å². The number of hydrogen-bond acceptors (Lipinski definition) is 10. The fourth-order valence-corrected chi connectivity index (χ4v) is 4.37. The van der Waals surface area contributed by atoms with Crippen molar-refractivity contribution in [3.05, 3.63) is 78.4 Å². The third-order valence-electron chi connectivity index (χ3n) is 6.79. The number of aromatic nitrogens is 3. The Balaban J connectivity index is 1.08. The normalized spacial score (nSPS) is 14.8. The number of ether oxygens (including phenoxy) is 3. The molecule has 0 aliphatic carbocycles.